The van der Waals surface area contributed by atoms with E-state index in [0.29, 0.717) is 15.2 Å². The number of alkyl halides is 3. The van der Waals surface area contributed by atoms with Crippen LogP contribution in [0, 0.1) is 0 Å². The molecule has 0 spiro atoms. The van der Waals surface area contributed by atoms with E-state index in [9.17, 15) is 18.0 Å². The fourth-order valence-electron chi connectivity index (χ4n) is 1.80. The molecule has 92 valence electrons. The van der Waals surface area contributed by atoms with E-state index in [1.807, 2.05) is 0 Å². The van der Waals surface area contributed by atoms with Crippen LogP contribution in [0.2, 0.25) is 0 Å². The van der Waals surface area contributed by atoms with Gasteiger partial charge in [-0.25, -0.2) is 4.98 Å². The van der Waals surface area contributed by atoms with Crippen LogP contribution < -0.4 is 0 Å². The van der Waals surface area contributed by atoms with Gasteiger partial charge in [-0.3, -0.25) is 9.20 Å². The lowest BCUT2D eigenvalue weighted by Gasteiger charge is -2.04. The van der Waals surface area contributed by atoms with E-state index in [1.54, 1.807) is 18.3 Å². The van der Waals surface area contributed by atoms with Crippen LogP contribution in [0.25, 0.3) is 15.2 Å². The van der Waals surface area contributed by atoms with Gasteiger partial charge in [-0.05, 0) is 24.3 Å². The van der Waals surface area contributed by atoms with Crippen molar-refractivity contribution in [3.63, 3.8) is 0 Å². The molecule has 0 aliphatic heterocycles. The Morgan fingerprint density at radius 1 is 1.28 bits per heavy atom. The first-order valence-corrected chi connectivity index (χ1v) is 5.76. The molecule has 0 amide bonds. The molecule has 3 rings (SSSR count). The predicted molar refractivity (Wildman–Crippen MR) is 61.0 cm³/mol. The van der Waals surface area contributed by atoms with E-state index in [4.69, 9.17) is 0 Å². The minimum Gasteiger partial charge on any atom is -0.295 e. The van der Waals surface area contributed by atoms with Gasteiger partial charge in [0.2, 0.25) is 0 Å². The number of carbonyl (C=O) groups is 1. The summed E-state index contributed by atoms with van der Waals surface area (Å²) in [5.74, 6) is -1.84. The van der Waals surface area contributed by atoms with Crippen molar-refractivity contribution in [3.05, 3.63) is 36.2 Å². The van der Waals surface area contributed by atoms with Crippen LogP contribution in [0.4, 0.5) is 13.2 Å². The first kappa shape index (κ1) is 11.2. The van der Waals surface area contributed by atoms with Crippen LogP contribution >= 0.6 is 11.3 Å². The Bertz CT molecular complexity index is 756. The van der Waals surface area contributed by atoms with Crippen molar-refractivity contribution in [2.24, 2.45) is 0 Å². The molecule has 0 fully saturated rings. The van der Waals surface area contributed by atoms with Gasteiger partial charge >= 0.3 is 6.18 Å². The Balaban J connectivity index is 2.34. The fourth-order valence-corrected chi connectivity index (χ4v) is 2.80. The molecule has 0 aromatic carbocycles. The smallest absolute Gasteiger partial charge is 0.295 e. The molecule has 0 N–H and O–H groups in total. The molecule has 0 radical (unpaired) electrons. The lowest BCUT2D eigenvalue weighted by molar-refractivity contribution is -0.0888. The molecule has 0 unspecified atom stereocenters. The van der Waals surface area contributed by atoms with Crippen molar-refractivity contribution >= 4 is 32.3 Å². The maximum Gasteiger partial charge on any atom is 0.456 e. The minimum absolute atomic E-state index is 0.378. The van der Waals surface area contributed by atoms with Gasteiger partial charge < -0.3 is 0 Å². The summed E-state index contributed by atoms with van der Waals surface area (Å²) in [5, 5.41) is 0. The Hall–Kier alpha value is -1.89. The largest absolute Gasteiger partial charge is 0.456 e. The number of carbonyl (C=O) groups excluding carboxylic acids is 1. The molecule has 18 heavy (non-hydrogen) atoms. The summed E-state index contributed by atoms with van der Waals surface area (Å²) in [6, 6.07) is 5.94. The van der Waals surface area contributed by atoms with Crippen molar-refractivity contribution in [1.82, 2.24) is 9.38 Å². The van der Waals surface area contributed by atoms with Gasteiger partial charge in [0.05, 0.1) is 11.2 Å². The zero-order valence-electron chi connectivity index (χ0n) is 8.73. The molecular formula is C11H5F3N2OS. The van der Waals surface area contributed by atoms with Crippen molar-refractivity contribution in [1.29, 1.82) is 0 Å². The van der Waals surface area contributed by atoms with E-state index in [1.165, 1.54) is 27.9 Å². The summed E-state index contributed by atoms with van der Waals surface area (Å²) in [6.45, 7) is 0. The number of fused-ring (bicyclic) bond motifs is 3. The molecular weight excluding hydrogens is 265 g/mol. The number of hydrogen-bond acceptors (Lipinski definition) is 3. The number of hydrogen-bond donors (Lipinski definition) is 0. The molecule has 0 saturated heterocycles. The number of aromatic nitrogens is 2. The van der Waals surface area contributed by atoms with E-state index >= 15 is 0 Å². The topological polar surface area (TPSA) is 34.4 Å². The minimum atomic E-state index is -4.87. The molecule has 0 aliphatic rings. The van der Waals surface area contributed by atoms with Gasteiger partial charge in [0.25, 0.3) is 5.78 Å². The second kappa shape index (κ2) is 3.55. The summed E-state index contributed by atoms with van der Waals surface area (Å²) in [7, 11) is 0. The Labute approximate surface area is 102 Å². The summed E-state index contributed by atoms with van der Waals surface area (Å²) in [5.41, 5.74) is 0.131. The highest BCUT2D eigenvalue weighted by Crippen LogP contribution is 2.30. The third-order valence-corrected chi connectivity index (χ3v) is 3.56. The molecule has 3 nitrogen and oxygen atoms in total. The predicted octanol–water partition coefficient (Wildman–Crippen LogP) is 3.29. The number of ketones is 1. The molecule has 0 aliphatic carbocycles. The zero-order chi connectivity index (χ0) is 12.9. The fraction of sp³-hybridized carbons (Fsp3) is 0.0909. The van der Waals surface area contributed by atoms with Crippen molar-refractivity contribution < 1.29 is 18.0 Å². The monoisotopic (exact) mass is 270 g/mol. The van der Waals surface area contributed by atoms with Crippen LogP contribution in [0.15, 0.2) is 30.5 Å². The number of nitrogens with zero attached hydrogens (tertiary/aromatic N) is 2. The summed E-state index contributed by atoms with van der Waals surface area (Å²) in [4.78, 5) is 16.5. The van der Waals surface area contributed by atoms with E-state index in [-0.39, 0.29) is 5.69 Å². The summed E-state index contributed by atoms with van der Waals surface area (Å²) < 4.78 is 38.7. The molecule has 0 bridgehead atoms. The standard InChI is InChI=1S/C11H5F3N2OS/c12-11(13,14)9(17)6-3-4-8-16(6)7-2-1-5-15-10(7)18-8/h1-5H. The average molecular weight is 270 g/mol. The highest BCUT2D eigenvalue weighted by atomic mass is 32.1. The number of pyridine rings is 1. The van der Waals surface area contributed by atoms with Gasteiger partial charge in [0, 0.05) is 6.20 Å². The molecule has 3 heterocycles. The van der Waals surface area contributed by atoms with Crippen LogP contribution in [0.1, 0.15) is 10.5 Å². The zero-order valence-corrected chi connectivity index (χ0v) is 9.55. The van der Waals surface area contributed by atoms with Gasteiger partial charge in [-0.15, -0.1) is 0 Å². The maximum atomic E-state index is 12.5. The molecule has 0 atom stereocenters. The van der Waals surface area contributed by atoms with Crippen LogP contribution in [0.5, 0.6) is 0 Å². The summed E-state index contributed by atoms with van der Waals surface area (Å²) in [6.07, 6.45) is -3.31. The van der Waals surface area contributed by atoms with Crippen molar-refractivity contribution in [2.45, 2.75) is 6.18 Å². The van der Waals surface area contributed by atoms with Crippen LogP contribution in [-0.2, 0) is 0 Å². The van der Waals surface area contributed by atoms with Crippen molar-refractivity contribution in [2.75, 3.05) is 0 Å². The van der Waals surface area contributed by atoms with Gasteiger partial charge in [0.1, 0.15) is 9.66 Å². The van der Waals surface area contributed by atoms with E-state index in [2.05, 4.69) is 4.98 Å². The second-order valence-corrected chi connectivity index (χ2v) is 4.66. The van der Waals surface area contributed by atoms with E-state index < -0.39 is 12.0 Å². The van der Waals surface area contributed by atoms with Gasteiger partial charge in [-0.2, -0.15) is 13.2 Å². The van der Waals surface area contributed by atoms with Crippen LogP contribution in [0.3, 0.4) is 0 Å². The van der Waals surface area contributed by atoms with E-state index in [0.717, 1.165) is 0 Å². The number of Topliss-reactive ketones (excluding diaryl/α,β-unsaturated/α-hetero) is 1. The van der Waals surface area contributed by atoms with Gasteiger partial charge in [0.15, 0.2) is 0 Å². The van der Waals surface area contributed by atoms with Gasteiger partial charge in [-0.1, -0.05) is 11.3 Å². The third-order valence-electron chi connectivity index (χ3n) is 2.53. The molecule has 3 aromatic heterocycles. The normalized spacial score (nSPS) is 12.4. The first-order valence-electron chi connectivity index (χ1n) is 4.95. The second-order valence-electron chi connectivity index (χ2n) is 3.65. The molecule has 3 aromatic rings. The third kappa shape index (κ3) is 1.51. The number of halogens is 3. The number of thiazole rings is 1. The summed E-state index contributed by atoms with van der Waals surface area (Å²) >= 11 is 1.24. The molecule has 7 heteroatoms. The quantitative estimate of drug-likeness (QED) is 0.636. The average Bonchev–Trinajstić information content (AvgIpc) is 2.84. The lowest BCUT2D eigenvalue weighted by atomic mass is 10.3. The highest BCUT2D eigenvalue weighted by molar-refractivity contribution is 7.23. The SMILES string of the molecule is O=C(c1ccc2sc3ncccc3n12)C(F)(F)F. The maximum absolute atomic E-state index is 12.5. The number of rotatable bonds is 1. The van der Waals surface area contributed by atoms with Crippen molar-refractivity contribution in [3.8, 4) is 0 Å². The first-order chi connectivity index (χ1) is 8.48. The Morgan fingerprint density at radius 3 is 2.78 bits per heavy atom. The Kier molecular flexibility index (Phi) is 2.21. The lowest BCUT2D eigenvalue weighted by Crippen LogP contribution is -2.24. The Morgan fingerprint density at radius 2 is 2.06 bits per heavy atom. The highest BCUT2D eigenvalue weighted by Gasteiger charge is 2.41. The molecule has 0 saturated carbocycles. The van der Waals surface area contributed by atoms with Crippen LogP contribution in [-0.4, -0.2) is 21.3 Å².